The zero-order valence-corrected chi connectivity index (χ0v) is 16.9. The van der Waals surface area contributed by atoms with E-state index in [1.54, 1.807) is 0 Å². The summed E-state index contributed by atoms with van der Waals surface area (Å²) in [6.07, 6.45) is 2.99. The van der Waals surface area contributed by atoms with Crippen molar-refractivity contribution in [3.8, 4) is 0 Å². The first-order valence-corrected chi connectivity index (χ1v) is 9.71. The summed E-state index contributed by atoms with van der Waals surface area (Å²) in [6, 6.07) is 19.5. The SMILES string of the molecule is Cn1ccc2cc([C@@H](Cc3ccccc3)B3OC(C)(C)C(C)(C)O3)ccc21. The number of benzene rings is 2. The van der Waals surface area contributed by atoms with E-state index < -0.39 is 0 Å². The molecule has 27 heavy (non-hydrogen) atoms. The van der Waals surface area contributed by atoms with Gasteiger partial charge in [-0.05, 0) is 68.8 Å². The smallest absolute Gasteiger partial charge is 0.403 e. The number of rotatable bonds is 4. The van der Waals surface area contributed by atoms with Gasteiger partial charge in [-0.1, -0.05) is 36.4 Å². The van der Waals surface area contributed by atoms with Crippen LogP contribution in [0, 0.1) is 0 Å². The minimum atomic E-state index is -0.330. The molecule has 0 bridgehead atoms. The lowest BCUT2D eigenvalue weighted by atomic mass is 9.65. The Hall–Kier alpha value is -2.04. The molecule has 0 radical (unpaired) electrons. The first kappa shape index (κ1) is 18.3. The van der Waals surface area contributed by atoms with E-state index in [1.165, 1.54) is 22.0 Å². The molecule has 1 aromatic heterocycles. The van der Waals surface area contributed by atoms with Crippen LogP contribution in [0.15, 0.2) is 60.8 Å². The molecule has 0 N–H and O–H groups in total. The van der Waals surface area contributed by atoms with Gasteiger partial charge in [-0.15, -0.1) is 0 Å². The van der Waals surface area contributed by atoms with Crippen molar-refractivity contribution in [3.05, 3.63) is 71.9 Å². The summed E-state index contributed by atoms with van der Waals surface area (Å²) in [7, 11) is 1.81. The summed E-state index contributed by atoms with van der Waals surface area (Å²) in [6.45, 7) is 8.47. The predicted octanol–water partition coefficient (Wildman–Crippen LogP) is 5.14. The molecule has 1 atom stereocenters. The Morgan fingerprint density at radius 1 is 0.926 bits per heavy atom. The molecular weight excluding hydrogens is 333 g/mol. The van der Waals surface area contributed by atoms with Gasteiger partial charge in [0.15, 0.2) is 0 Å². The fraction of sp³-hybridized carbons (Fsp3) is 0.391. The molecule has 1 aliphatic heterocycles. The molecule has 3 nitrogen and oxygen atoms in total. The van der Waals surface area contributed by atoms with Crippen LogP contribution in [0.1, 0.15) is 44.6 Å². The monoisotopic (exact) mass is 361 g/mol. The van der Waals surface area contributed by atoms with Gasteiger partial charge in [0, 0.05) is 24.6 Å². The summed E-state index contributed by atoms with van der Waals surface area (Å²) in [5, 5.41) is 1.25. The quantitative estimate of drug-likeness (QED) is 0.601. The fourth-order valence-electron chi connectivity index (χ4n) is 3.82. The topological polar surface area (TPSA) is 23.4 Å². The average Bonchev–Trinajstić information content (AvgIpc) is 3.09. The van der Waals surface area contributed by atoms with Crippen LogP contribution in [0.5, 0.6) is 0 Å². The van der Waals surface area contributed by atoms with Gasteiger partial charge in [0.05, 0.1) is 11.2 Å². The van der Waals surface area contributed by atoms with Crippen molar-refractivity contribution in [1.29, 1.82) is 0 Å². The number of nitrogens with zero attached hydrogens (tertiary/aromatic N) is 1. The van der Waals surface area contributed by atoms with E-state index in [-0.39, 0.29) is 24.1 Å². The van der Waals surface area contributed by atoms with E-state index in [0.717, 1.165) is 6.42 Å². The zero-order chi connectivity index (χ0) is 19.2. The second-order valence-electron chi connectivity index (χ2n) is 8.67. The highest BCUT2D eigenvalue weighted by Crippen LogP contribution is 2.42. The maximum Gasteiger partial charge on any atom is 0.466 e. The second kappa shape index (κ2) is 6.54. The maximum atomic E-state index is 6.44. The molecule has 2 heterocycles. The lowest BCUT2D eigenvalue weighted by Crippen LogP contribution is -2.41. The number of fused-ring (bicyclic) bond motifs is 1. The lowest BCUT2D eigenvalue weighted by molar-refractivity contribution is 0.00578. The van der Waals surface area contributed by atoms with Crippen LogP contribution in [0.3, 0.4) is 0 Å². The first-order chi connectivity index (χ1) is 12.8. The number of hydrogen-bond donors (Lipinski definition) is 0. The molecule has 2 aromatic carbocycles. The van der Waals surface area contributed by atoms with Gasteiger partial charge < -0.3 is 13.9 Å². The van der Waals surface area contributed by atoms with Gasteiger partial charge in [0.1, 0.15) is 0 Å². The molecular formula is C23H28BNO2. The van der Waals surface area contributed by atoms with Crippen molar-refractivity contribution in [3.63, 3.8) is 0 Å². The van der Waals surface area contributed by atoms with Crippen LogP contribution < -0.4 is 0 Å². The summed E-state index contributed by atoms with van der Waals surface area (Å²) >= 11 is 0. The van der Waals surface area contributed by atoms with Crippen LogP contribution in [-0.2, 0) is 22.8 Å². The minimum Gasteiger partial charge on any atom is -0.403 e. The maximum absolute atomic E-state index is 6.44. The molecule has 1 aliphatic rings. The number of aryl methyl sites for hydroxylation is 1. The van der Waals surface area contributed by atoms with Crippen molar-refractivity contribution in [1.82, 2.24) is 4.57 Å². The Labute approximate surface area is 162 Å². The van der Waals surface area contributed by atoms with Crippen LogP contribution in [0.25, 0.3) is 10.9 Å². The van der Waals surface area contributed by atoms with E-state index in [4.69, 9.17) is 9.31 Å². The second-order valence-corrected chi connectivity index (χ2v) is 8.67. The molecule has 0 saturated carbocycles. The normalized spacial score (nSPS) is 19.5. The summed E-state index contributed by atoms with van der Waals surface area (Å²) in [4.78, 5) is 0. The lowest BCUT2D eigenvalue weighted by Gasteiger charge is -2.32. The average molecular weight is 361 g/mol. The van der Waals surface area contributed by atoms with Crippen molar-refractivity contribution in [2.45, 2.75) is 51.1 Å². The fourth-order valence-corrected chi connectivity index (χ4v) is 3.82. The third-order valence-corrected chi connectivity index (χ3v) is 6.24. The Morgan fingerprint density at radius 3 is 2.26 bits per heavy atom. The molecule has 0 aliphatic carbocycles. The molecule has 4 rings (SSSR count). The van der Waals surface area contributed by atoms with Crippen LogP contribution >= 0.6 is 0 Å². The molecule has 140 valence electrons. The van der Waals surface area contributed by atoms with Gasteiger partial charge in [-0.3, -0.25) is 0 Å². The minimum absolute atomic E-state index is 0.137. The Kier molecular flexibility index (Phi) is 4.44. The largest absolute Gasteiger partial charge is 0.466 e. The highest BCUT2D eigenvalue weighted by Gasteiger charge is 2.53. The third kappa shape index (κ3) is 3.33. The summed E-state index contributed by atoms with van der Waals surface area (Å²) in [5.41, 5.74) is 3.14. The van der Waals surface area contributed by atoms with E-state index in [1.807, 2.05) is 0 Å². The highest BCUT2D eigenvalue weighted by molar-refractivity contribution is 6.47. The Bertz CT molecular complexity index is 929. The molecule has 0 unspecified atom stereocenters. The van der Waals surface area contributed by atoms with Crippen molar-refractivity contribution in [2.75, 3.05) is 0 Å². The summed E-state index contributed by atoms with van der Waals surface area (Å²) in [5.74, 6) is 0.137. The first-order valence-electron chi connectivity index (χ1n) is 9.71. The van der Waals surface area contributed by atoms with Crippen molar-refractivity contribution < 1.29 is 9.31 Å². The Morgan fingerprint density at radius 2 is 1.59 bits per heavy atom. The molecule has 1 fully saturated rings. The Balaban J connectivity index is 1.73. The van der Waals surface area contributed by atoms with Crippen LogP contribution in [-0.4, -0.2) is 22.9 Å². The van der Waals surface area contributed by atoms with Crippen LogP contribution in [0.4, 0.5) is 0 Å². The molecule has 0 amide bonds. The van der Waals surface area contributed by atoms with E-state index in [2.05, 4.69) is 100 Å². The van der Waals surface area contributed by atoms with E-state index in [0.29, 0.717) is 0 Å². The summed E-state index contributed by atoms with van der Waals surface area (Å²) < 4.78 is 15.0. The van der Waals surface area contributed by atoms with Gasteiger partial charge >= 0.3 is 7.12 Å². The standard InChI is InChI=1S/C23H28BNO2/c1-22(2)23(3,4)27-24(26-22)20(15-17-9-7-6-8-10-17)18-11-12-21-19(16-18)13-14-25(21)5/h6-14,16,20H,15H2,1-5H3/t20-/m1/s1. The van der Waals surface area contributed by atoms with Crippen molar-refractivity contribution >= 4 is 18.0 Å². The van der Waals surface area contributed by atoms with Gasteiger partial charge in [0.25, 0.3) is 0 Å². The van der Waals surface area contributed by atoms with Gasteiger partial charge in [0.2, 0.25) is 0 Å². The number of aromatic nitrogens is 1. The molecule has 4 heteroatoms. The zero-order valence-electron chi connectivity index (χ0n) is 16.9. The molecule has 1 saturated heterocycles. The van der Waals surface area contributed by atoms with Crippen molar-refractivity contribution in [2.24, 2.45) is 7.05 Å². The molecule has 3 aromatic rings. The van der Waals surface area contributed by atoms with E-state index in [9.17, 15) is 0 Å². The van der Waals surface area contributed by atoms with Crippen LogP contribution in [0.2, 0.25) is 0 Å². The third-order valence-electron chi connectivity index (χ3n) is 6.24. The molecule has 0 spiro atoms. The van der Waals surface area contributed by atoms with Gasteiger partial charge in [-0.25, -0.2) is 0 Å². The van der Waals surface area contributed by atoms with Gasteiger partial charge in [-0.2, -0.15) is 0 Å². The predicted molar refractivity (Wildman–Crippen MR) is 112 cm³/mol. The number of hydrogen-bond acceptors (Lipinski definition) is 2. The highest BCUT2D eigenvalue weighted by atomic mass is 16.7. The van der Waals surface area contributed by atoms with E-state index >= 15 is 0 Å².